The number of nitrogens with zero attached hydrogens (tertiary/aromatic N) is 4. The number of rotatable bonds is 6. The lowest BCUT2D eigenvalue weighted by Gasteiger charge is -2.32. The van der Waals surface area contributed by atoms with Crippen LogP contribution in [-0.4, -0.2) is 50.9 Å². The summed E-state index contributed by atoms with van der Waals surface area (Å²) in [5.74, 6) is 1.11. The second kappa shape index (κ2) is 9.62. The molecule has 1 aromatic carbocycles. The van der Waals surface area contributed by atoms with E-state index >= 15 is 0 Å². The third-order valence-corrected chi connectivity index (χ3v) is 9.52. The van der Waals surface area contributed by atoms with Gasteiger partial charge in [0, 0.05) is 48.6 Å². The normalized spacial score (nSPS) is 26.9. The van der Waals surface area contributed by atoms with Crippen molar-refractivity contribution < 1.29 is 9.18 Å². The second-order valence-electron chi connectivity index (χ2n) is 10.7. The van der Waals surface area contributed by atoms with Gasteiger partial charge in [0.25, 0.3) is 5.91 Å². The Morgan fingerprint density at radius 3 is 2.86 bits per heavy atom. The van der Waals surface area contributed by atoms with Gasteiger partial charge in [0.05, 0.1) is 21.8 Å². The maximum Gasteiger partial charge on any atom is 0.252 e. The van der Waals surface area contributed by atoms with E-state index in [4.69, 9.17) is 4.98 Å². The number of hydrogen-bond acceptors (Lipinski definition) is 5. The second-order valence-corrected chi connectivity index (χ2v) is 11.8. The number of fused-ring (bicyclic) bond motifs is 2. The Kier molecular flexibility index (Phi) is 6.35. The molecule has 1 N–H and O–H groups in total. The quantitative estimate of drug-likeness (QED) is 0.524. The molecular weight excluding hydrogens is 461 g/mol. The Morgan fingerprint density at radius 1 is 1.23 bits per heavy atom. The molecule has 0 radical (unpaired) electrons. The van der Waals surface area contributed by atoms with Crippen LogP contribution in [0.25, 0.3) is 10.9 Å². The number of aromatic nitrogens is 3. The summed E-state index contributed by atoms with van der Waals surface area (Å²) in [6.45, 7) is 3.17. The van der Waals surface area contributed by atoms with Crippen LogP contribution in [0.3, 0.4) is 0 Å². The molecule has 0 unspecified atom stereocenters. The number of amides is 1. The first-order chi connectivity index (χ1) is 17.0. The average molecular weight is 496 g/mol. The molecule has 2 aromatic heterocycles. The van der Waals surface area contributed by atoms with Crippen LogP contribution < -0.4 is 5.32 Å². The third-order valence-electron chi connectivity index (χ3n) is 8.20. The van der Waals surface area contributed by atoms with E-state index < -0.39 is 6.17 Å². The van der Waals surface area contributed by atoms with Gasteiger partial charge in [-0.05, 0) is 76.0 Å². The lowest BCUT2D eigenvalue weighted by atomic mass is 9.84. The molecular formula is C27H34FN5OS. The van der Waals surface area contributed by atoms with Crippen LogP contribution >= 0.6 is 11.3 Å². The highest BCUT2D eigenvalue weighted by atomic mass is 32.1. The Hall–Kier alpha value is -2.32. The predicted molar refractivity (Wildman–Crippen MR) is 137 cm³/mol. The molecule has 3 aliphatic rings. The van der Waals surface area contributed by atoms with Gasteiger partial charge in [-0.15, -0.1) is 11.3 Å². The van der Waals surface area contributed by atoms with E-state index in [0.29, 0.717) is 24.3 Å². The largest absolute Gasteiger partial charge is 0.349 e. The van der Waals surface area contributed by atoms with Crippen molar-refractivity contribution in [1.29, 1.82) is 0 Å². The molecule has 1 aliphatic heterocycles. The topological polar surface area (TPSA) is 63.1 Å². The van der Waals surface area contributed by atoms with Crippen molar-refractivity contribution in [2.75, 3.05) is 13.1 Å². The number of aryl methyl sites for hydroxylation is 1. The summed E-state index contributed by atoms with van der Waals surface area (Å²) in [5, 5.41) is 9.78. The van der Waals surface area contributed by atoms with Crippen molar-refractivity contribution in [2.45, 2.75) is 76.0 Å². The molecule has 0 atom stereocenters. The fourth-order valence-electron chi connectivity index (χ4n) is 5.97. The molecule has 1 amide bonds. The van der Waals surface area contributed by atoms with Crippen LogP contribution in [0.15, 0.2) is 24.4 Å². The minimum atomic E-state index is -0.614. The van der Waals surface area contributed by atoms with Crippen LogP contribution in [0.4, 0.5) is 4.39 Å². The number of carbonyl (C=O) groups excluding carboxylic acids is 1. The molecule has 35 heavy (non-hydrogen) atoms. The molecule has 8 heteroatoms. The van der Waals surface area contributed by atoms with Gasteiger partial charge in [0.2, 0.25) is 0 Å². The van der Waals surface area contributed by atoms with Gasteiger partial charge in [0.1, 0.15) is 6.17 Å². The van der Waals surface area contributed by atoms with Crippen molar-refractivity contribution in [3.8, 4) is 0 Å². The number of carbonyl (C=O) groups is 1. The molecule has 0 saturated heterocycles. The Balaban J connectivity index is 0.962. The van der Waals surface area contributed by atoms with Crippen LogP contribution in [0.1, 0.15) is 76.8 Å². The van der Waals surface area contributed by atoms with E-state index in [-0.39, 0.29) is 11.9 Å². The zero-order valence-electron chi connectivity index (χ0n) is 20.4. The standard InChI is InChI=1S/C27H34FN5OS/c1-32-15-22-21(3-2-4-23(22)31-32)26(34)29-20-7-5-17(6-8-20)9-11-33-12-10-25-24(16-33)30-27(35-25)18-13-19(28)14-18/h2-4,15,17-20H,5-14,16H2,1H3,(H,29,34)/t17-,18-,19+,20-. The summed E-state index contributed by atoms with van der Waals surface area (Å²) in [7, 11) is 1.89. The van der Waals surface area contributed by atoms with Crippen molar-refractivity contribution >= 4 is 28.1 Å². The lowest BCUT2D eigenvalue weighted by molar-refractivity contribution is 0.0921. The summed E-state index contributed by atoms with van der Waals surface area (Å²) in [6, 6.07) is 6.00. The summed E-state index contributed by atoms with van der Waals surface area (Å²) >= 11 is 1.83. The van der Waals surface area contributed by atoms with Gasteiger partial charge in [-0.1, -0.05) is 6.07 Å². The predicted octanol–water partition coefficient (Wildman–Crippen LogP) is 4.98. The molecule has 6 rings (SSSR count). The van der Waals surface area contributed by atoms with Crippen LogP contribution in [0, 0.1) is 5.92 Å². The number of hydrogen-bond donors (Lipinski definition) is 1. The summed E-state index contributed by atoms with van der Waals surface area (Å²) in [4.78, 5) is 21.8. The molecule has 0 spiro atoms. The van der Waals surface area contributed by atoms with E-state index in [2.05, 4.69) is 15.3 Å². The van der Waals surface area contributed by atoms with Gasteiger partial charge >= 0.3 is 0 Å². The monoisotopic (exact) mass is 495 g/mol. The molecule has 3 aromatic rings. The number of nitrogens with one attached hydrogen (secondary N) is 1. The maximum absolute atomic E-state index is 13.2. The summed E-state index contributed by atoms with van der Waals surface area (Å²) in [6.07, 6.45) is 9.39. The number of alkyl halides is 1. The zero-order valence-corrected chi connectivity index (χ0v) is 21.2. The average Bonchev–Trinajstić information content (AvgIpc) is 3.43. The Bertz CT molecular complexity index is 1210. The van der Waals surface area contributed by atoms with Gasteiger partial charge in [-0.25, -0.2) is 9.37 Å². The molecule has 2 saturated carbocycles. The zero-order chi connectivity index (χ0) is 23.9. The van der Waals surface area contributed by atoms with Crippen LogP contribution in [0.2, 0.25) is 0 Å². The van der Waals surface area contributed by atoms with E-state index in [9.17, 15) is 9.18 Å². The van der Waals surface area contributed by atoms with Gasteiger partial charge < -0.3 is 5.32 Å². The van der Waals surface area contributed by atoms with E-state index in [1.165, 1.54) is 34.8 Å². The fraction of sp³-hybridized carbons (Fsp3) is 0.593. The summed E-state index contributed by atoms with van der Waals surface area (Å²) < 4.78 is 15.0. The first-order valence-electron chi connectivity index (χ1n) is 13.1. The van der Waals surface area contributed by atoms with Crippen LogP contribution in [0.5, 0.6) is 0 Å². The number of halogens is 1. The smallest absolute Gasteiger partial charge is 0.252 e. The van der Waals surface area contributed by atoms with Gasteiger partial charge in [0.15, 0.2) is 0 Å². The fourth-order valence-corrected chi connectivity index (χ4v) is 7.16. The van der Waals surface area contributed by atoms with Crippen molar-refractivity contribution in [1.82, 2.24) is 25.0 Å². The first-order valence-corrected chi connectivity index (χ1v) is 13.9. The molecule has 2 aliphatic carbocycles. The van der Waals surface area contributed by atoms with Gasteiger partial charge in [-0.2, -0.15) is 5.10 Å². The third kappa shape index (κ3) is 4.87. The van der Waals surface area contributed by atoms with Crippen molar-refractivity contribution in [2.24, 2.45) is 13.0 Å². The maximum atomic E-state index is 13.2. The highest BCUT2D eigenvalue weighted by Gasteiger charge is 2.34. The van der Waals surface area contributed by atoms with E-state index in [1.807, 2.05) is 42.8 Å². The van der Waals surface area contributed by atoms with Crippen molar-refractivity contribution in [3.05, 3.63) is 45.5 Å². The Labute approximate surface area is 209 Å². The van der Waals surface area contributed by atoms with Crippen molar-refractivity contribution in [3.63, 3.8) is 0 Å². The molecule has 2 fully saturated rings. The molecule has 6 nitrogen and oxygen atoms in total. The van der Waals surface area contributed by atoms with Gasteiger partial charge in [-0.3, -0.25) is 14.4 Å². The first kappa shape index (κ1) is 23.1. The van der Waals surface area contributed by atoms with Crippen LogP contribution in [-0.2, 0) is 20.0 Å². The Morgan fingerprint density at radius 2 is 2.06 bits per heavy atom. The SMILES string of the molecule is Cn1cc2c(C(=O)N[C@H]3CC[C@H](CCN4CCc5sc([C@H]6C[C@@H](F)C6)nc5C4)CC3)cccc2n1. The lowest BCUT2D eigenvalue weighted by Crippen LogP contribution is -2.38. The van der Waals surface area contributed by atoms with E-state index in [1.54, 1.807) is 4.68 Å². The summed E-state index contributed by atoms with van der Waals surface area (Å²) in [5.41, 5.74) is 2.82. The molecule has 0 bridgehead atoms. The highest BCUT2D eigenvalue weighted by Crippen LogP contribution is 2.42. The molecule has 3 heterocycles. The molecule has 186 valence electrons. The number of thiazole rings is 1. The van der Waals surface area contributed by atoms with E-state index in [0.717, 1.165) is 55.7 Å². The number of benzene rings is 1. The minimum Gasteiger partial charge on any atom is -0.349 e. The minimum absolute atomic E-state index is 0.0164. The highest BCUT2D eigenvalue weighted by molar-refractivity contribution is 7.11.